The van der Waals surface area contributed by atoms with Crippen LogP contribution in [-0.2, 0) is 10.0 Å². The van der Waals surface area contributed by atoms with Gasteiger partial charge in [0, 0.05) is 11.8 Å². The second-order valence-corrected chi connectivity index (χ2v) is 6.34. The highest BCUT2D eigenvalue weighted by Gasteiger charge is 2.20. The Kier molecular flexibility index (Phi) is 3.87. The molecule has 0 atom stereocenters. The molecule has 0 radical (unpaired) electrons. The van der Waals surface area contributed by atoms with Gasteiger partial charge in [-0.15, -0.1) is 0 Å². The van der Waals surface area contributed by atoms with Gasteiger partial charge in [-0.05, 0) is 49.2 Å². The molecule has 3 N–H and O–H groups in total. The van der Waals surface area contributed by atoms with Crippen LogP contribution in [0.4, 0.5) is 20.2 Å². The zero-order valence-corrected chi connectivity index (χ0v) is 12.3. The number of nitrogens with one attached hydrogen (secondary N) is 1. The van der Waals surface area contributed by atoms with Gasteiger partial charge in [0.1, 0.15) is 11.6 Å². The average Bonchev–Trinajstić information content (AvgIpc) is 2.37. The van der Waals surface area contributed by atoms with Crippen LogP contribution in [0.2, 0.25) is 0 Å². The van der Waals surface area contributed by atoms with E-state index in [-0.39, 0.29) is 10.6 Å². The Hall–Kier alpha value is -2.15. The smallest absolute Gasteiger partial charge is 0.262 e. The Bertz CT molecular complexity index is 805. The number of hydrogen-bond donors (Lipinski definition) is 2. The van der Waals surface area contributed by atoms with Crippen molar-refractivity contribution in [2.24, 2.45) is 0 Å². The van der Waals surface area contributed by atoms with Crippen molar-refractivity contribution in [3.63, 3.8) is 0 Å². The first-order valence-electron chi connectivity index (χ1n) is 6.05. The SMILES string of the molecule is Cc1cc(N)cc(S(=O)(=O)Nc2cc(F)ccc2F)c1C. The first kappa shape index (κ1) is 15.2. The van der Waals surface area contributed by atoms with E-state index < -0.39 is 27.3 Å². The molecule has 0 aliphatic heterocycles. The summed E-state index contributed by atoms with van der Waals surface area (Å²) in [6.45, 7) is 3.33. The second-order valence-electron chi connectivity index (χ2n) is 4.69. The molecule has 0 saturated heterocycles. The minimum absolute atomic E-state index is 0.0661. The quantitative estimate of drug-likeness (QED) is 0.856. The second kappa shape index (κ2) is 5.33. The van der Waals surface area contributed by atoms with Crippen LogP contribution >= 0.6 is 0 Å². The number of rotatable bonds is 3. The largest absolute Gasteiger partial charge is 0.399 e. The first-order chi connectivity index (χ1) is 9.70. The number of halogens is 2. The molecule has 0 amide bonds. The van der Waals surface area contributed by atoms with Crippen molar-refractivity contribution in [2.75, 3.05) is 10.5 Å². The van der Waals surface area contributed by atoms with Crippen LogP contribution in [0.25, 0.3) is 0 Å². The summed E-state index contributed by atoms with van der Waals surface area (Å²) >= 11 is 0. The van der Waals surface area contributed by atoms with Gasteiger partial charge >= 0.3 is 0 Å². The van der Waals surface area contributed by atoms with E-state index in [4.69, 9.17) is 5.73 Å². The number of nitrogen functional groups attached to an aromatic ring is 1. The maximum atomic E-state index is 13.6. The van der Waals surface area contributed by atoms with Crippen molar-refractivity contribution in [2.45, 2.75) is 18.7 Å². The zero-order chi connectivity index (χ0) is 15.8. The maximum absolute atomic E-state index is 13.6. The van der Waals surface area contributed by atoms with E-state index in [1.807, 2.05) is 4.72 Å². The predicted molar refractivity (Wildman–Crippen MR) is 77.5 cm³/mol. The summed E-state index contributed by atoms with van der Waals surface area (Å²) in [5.74, 6) is -1.60. The number of anilines is 2. The Labute approximate surface area is 121 Å². The summed E-state index contributed by atoms with van der Waals surface area (Å²) in [7, 11) is -4.06. The lowest BCUT2D eigenvalue weighted by Crippen LogP contribution is -2.16. The molecule has 0 saturated carbocycles. The summed E-state index contributed by atoms with van der Waals surface area (Å²) in [5, 5.41) is 0. The van der Waals surface area contributed by atoms with Crippen molar-refractivity contribution < 1.29 is 17.2 Å². The average molecular weight is 312 g/mol. The van der Waals surface area contributed by atoms with Crippen LogP contribution in [0.15, 0.2) is 35.2 Å². The minimum Gasteiger partial charge on any atom is -0.399 e. The molecule has 21 heavy (non-hydrogen) atoms. The topological polar surface area (TPSA) is 72.2 Å². The van der Waals surface area contributed by atoms with Crippen molar-refractivity contribution >= 4 is 21.4 Å². The number of nitrogens with two attached hydrogens (primary N) is 1. The molecule has 2 aromatic rings. The summed E-state index contributed by atoms with van der Waals surface area (Å²) < 4.78 is 53.4. The molecule has 4 nitrogen and oxygen atoms in total. The Morgan fingerprint density at radius 2 is 1.76 bits per heavy atom. The van der Waals surface area contributed by atoms with Crippen molar-refractivity contribution in [1.82, 2.24) is 0 Å². The molecular weight excluding hydrogens is 298 g/mol. The number of benzene rings is 2. The Morgan fingerprint density at radius 1 is 1.10 bits per heavy atom. The fourth-order valence-corrected chi connectivity index (χ4v) is 3.32. The molecular formula is C14H14F2N2O2S. The highest BCUT2D eigenvalue weighted by atomic mass is 32.2. The van der Waals surface area contributed by atoms with Crippen LogP contribution < -0.4 is 10.5 Å². The molecule has 0 aliphatic rings. The van der Waals surface area contributed by atoms with Crippen LogP contribution in [0.3, 0.4) is 0 Å². The molecule has 7 heteroatoms. The molecule has 0 spiro atoms. The molecule has 2 rings (SSSR count). The lowest BCUT2D eigenvalue weighted by atomic mass is 10.1. The Balaban J connectivity index is 2.51. The van der Waals surface area contributed by atoms with E-state index in [0.717, 1.165) is 18.2 Å². The van der Waals surface area contributed by atoms with Gasteiger partial charge in [-0.1, -0.05) is 0 Å². The van der Waals surface area contributed by atoms with Gasteiger partial charge in [0.2, 0.25) is 0 Å². The van der Waals surface area contributed by atoms with Gasteiger partial charge in [0.15, 0.2) is 0 Å². The minimum atomic E-state index is -4.06. The van der Waals surface area contributed by atoms with E-state index in [1.54, 1.807) is 19.9 Å². The molecule has 112 valence electrons. The van der Waals surface area contributed by atoms with Crippen LogP contribution in [0, 0.1) is 25.5 Å². The van der Waals surface area contributed by atoms with Gasteiger partial charge < -0.3 is 5.73 Å². The number of hydrogen-bond acceptors (Lipinski definition) is 3. The molecule has 0 bridgehead atoms. The van der Waals surface area contributed by atoms with E-state index in [1.165, 1.54) is 6.07 Å². The van der Waals surface area contributed by atoms with Gasteiger partial charge in [-0.2, -0.15) is 0 Å². The molecule has 0 heterocycles. The lowest BCUT2D eigenvalue weighted by Gasteiger charge is -2.13. The number of sulfonamides is 1. The van der Waals surface area contributed by atoms with Crippen LogP contribution in [0.1, 0.15) is 11.1 Å². The summed E-state index contributed by atoms with van der Waals surface area (Å²) in [6.07, 6.45) is 0. The normalized spacial score (nSPS) is 11.4. The fraction of sp³-hybridized carbons (Fsp3) is 0.143. The molecule has 0 aromatic heterocycles. The summed E-state index contributed by atoms with van der Waals surface area (Å²) in [5.41, 5.74) is 6.66. The maximum Gasteiger partial charge on any atom is 0.262 e. The third-order valence-corrected chi connectivity index (χ3v) is 4.60. The monoisotopic (exact) mass is 312 g/mol. The lowest BCUT2D eigenvalue weighted by molar-refractivity contribution is 0.594. The first-order valence-corrected chi connectivity index (χ1v) is 7.53. The van der Waals surface area contributed by atoms with E-state index in [2.05, 4.69) is 0 Å². The van der Waals surface area contributed by atoms with Crippen molar-refractivity contribution in [1.29, 1.82) is 0 Å². The van der Waals surface area contributed by atoms with Crippen LogP contribution in [-0.4, -0.2) is 8.42 Å². The van der Waals surface area contributed by atoms with E-state index in [0.29, 0.717) is 11.1 Å². The molecule has 0 fully saturated rings. The zero-order valence-electron chi connectivity index (χ0n) is 11.4. The van der Waals surface area contributed by atoms with Crippen molar-refractivity contribution in [3.8, 4) is 0 Å². The summed E-state index contributed by atoms with van der Waals surface area (Å²) in [6, 6.07) is 5.45. The number of aryl methyl sites for hydroxylation is 1. The standard InChI is InChI=1S/C14H14F2N2O2S/c1-8-5-11(17)7-14(9(8)2)21(19,20)18-13-6-10(15)3-4-12(13)16/h3-7,18H,17H2,1-2H3. The van der Waals surface area contributed by atoms with Crippen molar-refractivity contribution in [3.05, 3.63) is 53.1 Å². The van der Waals surface area contributed by atoms with Gasteiger partial charge in [0.25, 0.3) is 10.0 Å². The highest BCUT2D eigenvalue weighted by molar-refractivity contribution is 7.92. The third-order valence-electron chi connectivity index (χ3n) is 3.10. The highest BCUT2D eigenvalue weighted by Crippen LogP contribution is 2.25. The molecule has 0 aliphatic carbocycles. The molecule has 2 aromatic carbocycles. The Morgan fingerprint density at radius 3 is 2.43 bits per heavy atom. The van der Waals surface area contributed by atoms with Gasteiger partial charge in [-0.25, -0.2) is 17.2 Å². The van der Waals surface area contributed by atoms with Crippen LogP contribution in [0.5, 0.6) is 0 Å². The van der Waals surface area contributed by atoms with Gasteiger partial charge in [0.05, 0.1) is 10.6 Å². The van der Waals surface area contributed by atoms with E-state index in [9.17, 15) is 17.2 Å². The molecule has 0 unspecified atom stereocenters. The third kappa shape index (κ3) is 3.13. The summed E-state index contributed by atoms with van der Waals surface area (Å²) in [4.78, 5) is -0.0661. The van der Waals surface area contributed by atoms with E-state index >= 15 is 0 Å². The fourth-order valence-electron chi connectivity index (χ4n) is 1.91. The predicted octanol–water partition coefficient (Wildman–Crippen LogP) is 2.96. The van der Waals surface area contributed by atoms with Gasteiger partial charge in [-0.3, -0.25) is 4.72 Å².